The highest BCUT2D eigenvalue weighted by molar-refractivity contribution is 5.77. The van der Waals surface area contributed by atoms with Crippen LogP contribution in [-0.4, -0.2) is 49.3 Å². The van der Waals surface area contributed by atoms with E-state index in [1.807, 2.05) is 53.4 Å². The molecular weight excluding hydrogens is 430 g/mol. The van der Waals surface area contributed by atoms with Crippen LogP contribution in [0.2, 0.25) is 0 Å². The molecule has 1 saturated heterocycles. The molecule has 1 aliphatic rings. The van der Waals surface area contributed by atoms with E-state index in [0.717, 1.165) is 5.56 Å². The van der Waals surface area contributed by atoms with Crippen LogP contribution in [-0.2, 0) is 17.9 Å². The molecule has 178 valence electrons. The number of hydrogen-bond donors (Lipinski definition) is 2. The van der Waals surface area contributed by atoms with Crippen molar-refractivity contribution >= 4 is 5.91 Å². The van der Waals surface area contributed by atoms with Crippen molar-refractivity contribution in [2.75, 3.05) is 13.1 Å². The maximum atomic E-state index is 12.8. The first-order valence-electron chi connectivity index (χ1n) is 11.7. The first-order valence-corrected chi connectivity index (χ1v) is 11.7. The van der Waals surface area contributed by atoms with Gasteiger partial charge in [0.2, 0.25) is 5.91 Å². The fourth-order valence-corrected chi connectivity index (χ4v) is 4.54. The molecule has 34 heavy (non-hydrogen) atoms. The lowest BCUT2D eigenvalue weighted by Gasteiger charge is -2.38. The topological polar surface area (TPSA) is 95.7 Å². The third-order valence-electron chi connectivity index (χ3n) is 6.70. The number of aliphatic hydroxyl groups is 2. The van der Waals surface area contributed by atoms with Gasteiger partial charge in [0.1, 0.15) is 0 Å². The molecule has 0 saturated carbocycles. The Morgan fingerprint density at radius 2 is 1.76 bits per heavy atom. The monoisotopic (exact) mass is 461 g/mol. The molecule has 4 rings (SSSR count). The van der Waals surface area contributed by atoms with E-state index in [0.29, 0.717) is 49.2 Å². The maximum Gasteiger partial charge on any atom is 0.253 e. The van der Waals surface area contributed by atoms with Crippen LogP contribution in [0.3, 0.4) is 0 Å². The fraction of sp³-hybridized carbons (Fsp3) is 0.370. The summed E-state index contributed by atoms with van der Waals surface area (Å²) in [6.45, 7) is 2.96. The minimum Gasteiger partial charge on any atom is -0.392 e. The largest absolute Gasteiger partial charge is 0.392 e. The van der Waals surface area contributed by atoms with Crippen molar-refractivity contribution in [2.45, 2.75) is 50.9 Å². The number of carbonyl (C=O) groups is 1. The van der Waals surface area contributed by atoms with E-state index >= 15 is 0 Å². The number of aliphatic hydroxyl groups excluding tert-OH is 1. The lowest BCUT2D eigenvalue weighted by atomic mass is 9.90. The van der Waals surface area contributed by atoms with Crippen LogP contribution in [0.1, 0.15) is 43.2 Å². The smallest absolute Gasteiger partial charge is 0.253 e. The molecule has 1 fully saturated rings. The molecule has 7 heteroatoms. The predicted molar refractivity (Wildman–Crippen MR) is 130 cm³/mol. The number of nitrogens with zero attached hydrogens (tertiary/aromatic N) is 3. The van der Waals surface area contributed by atoms with Crippen molar-refractivity contribution in [3.05, 3.63) is 88.5 Å². The Balaban J connectivity index is 1.37. The molecular formula is C27H31N3O4. The Labute approximate surface area is 199 Å². The number of aromatic nitrogens is 2. The Hall–Kier alpha value is -3.29. The van der Waals surface area contributed by atoms with Crippen molar-refractivity contribution in [1.29, 1.82) is 0 Å². The van der Waals surface area contributed by atoms with Crippen LogP contribution < -0.4 is 5.56 Å². The molecule has 2 heterocycles. The van der Waals surface area contributed by atoms with Crippen molar-refractivity contribution < 1.29 is 15.0 Å². The number of amides is 1. The Bertz CT molecular complexity index is 1180. The molecule has 1 aliphatic heterocycles. The third kappa shape index (κ3) is 5.43. The van der Waals surface area contributed by atoms with Crippen molar-refractivity contribution in [3.8, 4) is 11.3 Å². The van der Waals surface area contributed by atoms with E-state index < -0.39 is 5.60 Å². The van der Waals surface area contributed by atoms with Gasteiger partial charge in [-0.15, -0.1) is 0 Å². The van der Waals surface area contributed by atoms with Gasteiger partial charge in [-0.3, -0.25) is 14.2 Å². The zero-order valence-electron chi connectivity index (χ0n) is 19.4. The third-order valence-corrected chi connectivity index (χ3v) is 6.70. The van der Waals surface area contributed by atoms with Crippen molar-refractivity contribution in [1.82, 2.24) is 14.5 Å². The summed E-state index contributed by atoms with van der Waals surface area (Å²) in [7, 11) is 0. The summed E-state index contributed by atoms with van der Waals surface area (Å²) in [6, 6.07) is 18.7. The standard InChI is InChI=1S/C27H31N3O4/c1-20(21-7-3-2-4-8-21)15-25(32)29-13-11-27(34,12-14-29)18-30-19-28-24(16-26(30)33)23-10-6-5-9-22(23)17-31/h2-10,16,19-20,31,34H,11-15,17-18H2,1H3. The van der Waals surface area contributed by atoms with E-state index in [2.05, 4.69) is 11.9 Å². The van der Waals surface area contributed by atoms with Gasteiger partial charge in [-0.05, 0) is 29.9 Å². The highest BCUT2D eigenvalue weighted by Crippen LogP contribution is 2.27. The quantitative estimate of drug-likeness (QED) is 0.564. The van der Waals surface area contributed by atoms with E-state index in [1.165, 1.54) is 17.0 Å². The number of likely N-dealkylation sites (tertiary alicyclic amines) is 1. The summed E-state index contributed by atoms with van der Waals surface area (Å²) in [6.07, 6.45) is 2.69. The molecule has 1 aromatic heterocycles. The van der Waals surface area contributed by atoms with E-state index in [1.54, 1.807) is 6.07 Å². The lowest BCUT2D eigenvalue weighted by molar-refractivity contribution is -0.136. The van der Waals surface area contributed by atoms with E-state index in [-0.39, 0.29) is 30.5 Å². The summed E-state index contributed by atoms with van der Waals surface area (Å²) < 4.78 is 1.42. The van der Waals surface area contributed by atoms with Gasteiger partial charge >= 0.3 is 0 Å². The number of hydrogen-bond acceptors (Lipinski definition) is 5. The van der Waals surface area contributed by atoms with E-state index in [4.69, 9.17) is 0 Å². The molecule has 1 unspecified atom stereocenters. The molecule has 2 N–H and O–H groups in total. The van der Waals surface area contributed by atoms with Gasteiger partial charge in [-0.2, -0.15) is 0 Å². The second kappa shape index (κ2) is 10.3. The van der Waals surface area contributed by atoms with Crippen LogP contribution in [0.25, 0.3) is 11.3 Å². The number of piperidine rings is 1. The highest BCUT2D eigenvalue weighted by atomic mass is 16.3. The first-order chi connectivity index (χ1) is 16.4. The second-order valence-corrected chi connectivity index (χ2v) is 9.18. The average Bonchev–Trinajstić information content (AvgIpc) is 2.86. The Kier molecular flexibility index (Phi) is 7.24. The number of rotatable bonds is 7. The summed E-state index contributed by atoms with van der Waals surface area (Å²) in [5, 5.41) is 20.7. The van der Waals surface area contributed by atoms with Crippen molar-refractivity contribution in [2.24, 2.45) is 0 Å². The lowest BCUT2D eigenvalue weighted by Crippen LogP contribution is -2.49. The van der Waals surface area contributed by atoms with Crippen LogP contribution >= 0.6 is 0 Å². The summed E-state index contributed by atoms with van der Waals surface area (Å²) in [5.41, 5.74) is 1.71. The molecule has 3 aromatic rings. The van der Waals surface area contributed by atoms with Gasteiger partial charge in [0.25, 0.3) is 5.56 Å². The number of benzene rings is 2. The van der Waals surface area contributed by atoms with E-state index in [9.17, 15) is 19.8 Å². The molecule has 0 aliphatic carbocycles. The first kappa shape index (κ1) is 23.9. The predicted octanol–water partition coefficient (Wildman–Crippen LogP) is 2.95. The normalized spacial score (nSPS) is 16.3. The van der Waals surface area contributed by atoms with Gasteiger partial charge in [0.05, 0.1) is 30.8 Å². The maximum absolute atomic E-state index is 12.8. The fourth-order valence-electron chi connectivity index (χ4n) is 4.54. The van der Waals surface area contributed by atoms with Crippen LogP contribution in [0.15, 0.2) is 71.8 Å². The average molecular weight is 462 g/mol. The van der Waals surface area contributed by atoms with Gasteiger partial charge in [-0.1, -0.05) is 61.5 Å². The molecule has 1 amide bonds. The molecule has 0 radical (unpaired) electrons. The minimum atomic E-state index is -1.07. The SMILES string of the molecule is CC(CC(=O)N1CCC(O)(Cn2cnc(-c3ccccc3CO)cc2=O)CC1)c1ccccc1. The van der Waals surface area contributed by atoms with Gasteiger partial charge in [-0.25, -0.2) is 4.98 Å². The minimum absolute atomic E-state index is 0.0872. The zero-order chi connectivity index (χ0) is 24.1. The van der Waals surface area contributed by atoms with Crippen LogP contribution in [0.5, 0.6) is 0 Å². The number of carbonyl (C=O) groups excluding carboxylic acids is 1. The van der Waals surface area contributed by atoms with Gasteiger partial charge in [0, 0.05) is 31.1 Å². The summed E-state index contributed by atoms with van der Waals surface area (Å²) in [4.78, 5) is 31.7. The molecule has 1 atom stereocenters. The summed E-state index contributed by atoms with van der Waals surface area (Å²) >= 11 is 0. The van der Waals surface area contributed by atoms with Crippen LogP contribution in [0.4, 0.5) is 0 Å². The Morgan fingerprint density at radius 1 is 1.09 bits per heavy atom. The van der Waals surface area contributed by atoms with Gasteiger partial charge in [0.15, 0.2) is 0 Å². The molecule has 0 spiro atoms. The highest BCUT2D eigenvalue weighted by Gasteiger charge is 2.34. The van der Waals surface area contributed by atoms with Gasteiger partial charge < -0.3 is 15.1 Å². The Morgan fingerprint density at radius 3 is 2.44 bits per heavy atom. The van der Waals surface area contributed by atoms with Crippen molar-refractivity contribution in [3.63, 3.8) is 0 Å². The zero-order valence-corrected chi connectivity index (χ0v) is 19.4. The molecule has 2 aromatic carbocycles. The van der Waals surface area contributed by atoms with Crippen LogP contribution in [0, 0.1) is 0 Å². The molecule has 7 nitrogen and oxygen atoms in total. The molecule has 0 bridgehead atoms. The second-order valence-electron chi connectivity index (χ2n) is 9.18. The summed E-state index contributed by atoms with van der Waals surface area (Å²) in [5.74, 6) is 0.220.